The molecule has 0 fully saturated rings. The molecule has 1 rings (SSSR count). The molecule has 1 aromatic carbocycles. The van der Waals surface area contributed by atoms with E-state index in [0.29, 0.717) is 0 Å². The molecule has 0 aliphatic rings. The van der Waals surface area contributed by atoms with Crippen LogP contribution in [0.25, 0.3) is 0 Å². The molecule has 72 valence electrons. The molecule has 0 bridgehead atoms. The Balaban J connectivity index is 2.95. The molecule has 0 heterocycles. The Bertz CT molecular complexity index is 378. The van der Waals surface area contributed by atoms with Crippen LogP contribution in [0.3, 0.4) is 0 Å². The Morgan fingerprint density at radius 2 is 2.36 bits per heavy atom. The third kappa shape index (κ3) is 1.98. The van der Waals surface area contributed by atoms with Gasteiger partial charge in [-0.05, 0) is 12.1 Å². The summed E-state index contributed by atoms with van der Waals surface area (Å²) in [6.07, 6.45) is 0. The number of rotatable bonds is 2. The first-order chi connectivity index (χ1) is 6.66. The third-order valence-corrected chi connectivity index (χ3v) is 1.55. The van der Waals surface area contributed by atoms with Gasteiger partial charge in [0.05, 0.1) is 6.07 Å². The Morgan fingerprint density at radius 1 is 1.64 bits per heavy atom. The van der Waals surface area contributed by atoms with Crippen LogP contribution in [0, 0.1) is 17.1 Å². The van der Waals surface area contributed by atoms with Crippen molar-refractivity contribution in [2.24, 2.45) is 0 Å². The van der Waals surface area contributed by atoms with Crippen LogP contribution >= 0.6 is 0 Å². The number of hydrogen-bond donors (Lipinski definition) is 2. The highest BCUT2D eigenvalue weighted by atomic mass is 19.1. The number of nitriles is 1. The Morgan fingerprint density at radius 3 is 2.93 bits per heavy atom. The van der Waals surface area contributed by atoms with Gasteiger partial charge in [-0.1, -0.05) is 6.07 Å². The van der Waals surface area contributed by atoms with Gasteiger partial charge in [0.15, 0.2) is 0 Å². The lowest BCUT2D eigenvalue weighted by atomic mass is 10.2. The molecule has 4 nitrogen and oxygen atoms in total. The SMILES string of the molecule is N#CCNC(=O)c1c(O)cccc1F. The minimum Gasteiger partial charge on any atom is -0.507 e. The zero-order valence-electron chi connectivity index (χ0n) is 7.12. The van der Waals surface area contributed by atoms with Crippen molar-refractivity contribution in [2.75, 3.05) is 6.54 Å². The van der Waals surface area contributed by atoms with Crippen LogP contribution in [0.1, 0.15) is 10.4 Å². The standard InChI is InChI=1S/C9H7FN2O2/c10-6-2-1-3-7(13)8(6)9(14)12-5-4-11/h1-3,13H,5H2,(H,12,14). The molecule has 1 amide bonds. The molecule has 0 saturated heterocycles. The van der Waals surface area contributed by atoms with Crippen molar-refractivity contribution < 1.29 is 14.3 Å². The van der Waals surface area contributed by atoms with Gasteiger partial charge in [0.1, 0.15) is 23.7 Å². The number of carbonyl (C=O) groups excluding carboxylic acids is 1. The molecule has 14 heavy (non-hydrogen) atoms. The highest BCUT2D eigenvalue weighted by Gasteiger charge is 2.15. The quantitative estimate of drug-likeness (QED) is 0.683. The summed E-state index contributed by atoms with van der Waals surface area (Å²) in [4.78, 5) is 11.2. The smallest absolute Gasteiger partial charge is 0.258 e. The van der Waals surface area contributed by atoms with Crippen molar-refractivity contribution in [3.8, 4) is 11.8 Å². The monoisotopic (exact) mass is 194 g/mol. The second kappa shape index (κ2) is 4.23. The van der Waals surface area contributed by atoms with E-state index >= 15 is 0 Å². The molecular formula is C9H7FN2O2. The third-order valence-electron chi connectivity index (χ3n) is 1.55. The lowest BCUT2D eigenvalue weighted by Crippen LogP contribution is -2.24. The highest BCUT2D eigenvalue weighted by Crippen LogP contribution is 2.19. The molecule has 0 aliphatic carbocycles. The zero-order valence-corrected chi connectivity index (χ0v) is 7.12. The van der Waals surface area contributed by atoms with Crippen molar-refractivity contribution in [1.82, 2.24) is 5.32 Å². The van der Waals surface area contributed by atoms with Gasteiger partial charge in [-0.15, -0.1) is 0 Å². The summed E-state index contributed by atoms with van der Waals surface area (Å²) < 4.78 is 13.0. The first-order valence-electron chi connectivity index (χ1n) is 3.79. The van der Waals surface area contributed by atoms with Crippen LogP contribution in [0.15, 0.2) is 18.2 Å². The predicted octanol–water partition coefficient (Wildman–Crippen LogP) is 0.785. The average Bonchev–Trinajstić information content (AvgIpc) is 2.14. The van der Waals surface area contributed by atoms with E-state index in [0.717, 1.165) is 6.07 Å². The van der Waals surface area contributed by atoms with Gasteiger partial charge < -0.3 is 10.4 Å². The Kier molecular flexibility index (Phi) is 3.02. The van der Waals surface area contributed by atoms with Crippen molar-refractivity contribution in [2.45, 2.75) is 0 Å². The Hall–Kier alpha value is -2.09. The van der Waals surface area contributed by atoms with Gasteiger partial charge in [-0.3, -0.25) is 4.79 Å². The van der Waals surface area contributed by atoms with Gasteiger partial charge in [0.25, 0.3) is 5.91 Å². The molecular weight excluding hydrogens is 187 g/mol. The van der Waals surface area contributed by atoms with E-state index in [1.807, 2.05) is 0 Å². The fraction of sp³-hybridized carbons (Fsp3) is 0.111. The number of nitrogens with one attached hydrogen (secondary N) is 1. The molecule has 2 N–H and O–H groups in total. The first kappa shape index (κ1) is 9.99. The van der Waals surface area contributed by atoms with Gasteiger partial charge in [-0.2, -0.15) is 5.26 Å². The van der Waals surface area contributed by atoms with Crippen LogP contribution in [0.2, 0.25) is 0 Å². The molecule has 0 saturated carbocycles. The van der Waals surface area contributed by atoms with Gasteiger partial charge in [-0.25, -0.2) is 4.39 Å². The second-order valence-electron chi connectivity index (χ2n) is 2.47. The number of aromatic hydroxyl groups is 1. The van der Waals surface area contributed by atoms with E-state index < -0.39 is 23.0 Å². The van der Waals surface area contributed by atoms with E-state index in [4.69, 9.17) is 5.26 Å². The lowest BCUT2D eigenvalue weighted by Gasteiger charge is -2.04. The highest BCUT2D eigenvalue weighted by molar-refractivity contribution is 5.97. The van der Waals surface area contributed by atoms with Crippen molar-refractivity contribution >= 4 is 5.91 Å². The molecule has 0 spiro atoms. The number of phenolic OH excluding ortho intramolecular Hbond substituents is 1. The normalized spacial score (nSPS) is 9.14. The van der Waals surface area contributed by atoms with Crippen molar-refractivity contribution in [3.05, 3.63) is 29.6 Å². The fourth-order valence-corrected chi connectivity index (χ4v) is 0.946. The molecule has 0 unspecified atom stereocenters. The number of benzene rings is 1. The van der Waals surface area contributed by atoms with Gasteiger partial charge in [0, 0.05) is 0 Å². The summed E-state index contributed by atoms with van der Waals surface area (Å²) in [6.45, 7) is -0.230. The minimum atomic E-state index is -0.819. The van der Waals surface area contributed by atoms with Gasteiger partial charge in [0.2, 0.25) is 0 Å². The van der Waals surface area contributed by atoms with Crippen LogP contribution < -0.4 is 5.32 Å². The summed E-state index contributed by atoms with van der Waals surface area (Å²) in [5.74, 6) is -2.07. The van der Waals surface area contributed by atoms with E-state index in [1.54, 1.807) is 6.07 Å². The van der Waals surface area contributed by atoms with Gasteiger partial charge >= 0.3 is 0 Å². The number of phenols is 1. The second-order valence-corrected chi connectivity index (χ2v) is 2.47. The van der Waals surface area contributed by atoms with E-state index in [-0.39, 0.29) is 6.54 Å². The summed E-state index contributed by atoms with van der Waals surface area (Å²) in [7, 11) is 0. The topological polar surface area (TPSA) is 73.1 Å². The predicted molar refractivity (Wildman–Crippen MR) is 46.0 cm³/mol. The molecule has 0 atom stereocenters. The summed E-state index contributed by atoms with van der Waals surface area (Å²) in [5, 5.41) is 19.5. The fourth-order valence-electron chi connectivity index (χ4n) is 0.946. The van der Waals surface area contributed by atoms with Crippen LogP contribution in [-0.4, -0.2) is 17.6 Å². The molecule has 5 heteroatoms. The Labute approximate surface area is 79.6 Å². The van der Waals surface area contributed by atoms with Crippen LogP contribution in [0.5, 0.6) is 5.75 Å². The summed E-state index contributed by atoms with van der Waals surface area (Å²) in [6, 6.07) is 5.21. The number of hydrogen-bond acceptors (Lipinski definition) is 3. The van der Waals surface area contributed by atoms with E-state index in [2.05, 4.69) is 5.32 Å². The molecule has 0 aromatic heterocycles. The molecule has 1 aromatic rings. The van der Waals surface area contributed by atoms with Crippen LogP contribution in [-0.2, 0) is 0 Å². The molecule has 0 aliphatic heterocycles. The lowest BCUT2D eigenvalue weighted by molar-refractivity contribution is 0.0951. The largest absolute Gasteiger partial charge is 0.507 e. The maximum Gasteiger partial charge on any atom is 0.258 e. The number of nitrogens with zero attached hydrogens (tertiary/aromatic N) is 1. The average molecular weight is 194 g/mol. The maximum atomic E-state index is 13.0. The first-order valence-corrected chi connectivity index (χ1v) is 3.79. The van der Waals surface area contributed by atoms with Crippen molar-refractivity contribution in [3.63, 3.8) is 0 Å². The van der Waals surface area contributed by atoms with Crippen LogP contribution in [0.4, 0.5) is 4.39 Å². The van der Waals surface area contributed by atoms with E-state index in [1.165, 1.54) is 12.1 Å². The molecule has 0 radical (unpaired) electrons. The number of carbonyl (C=O) groups is 1. The van der Waals surface area contributed by atoms with E-state index in [9.17, 15) is 14.3 Å². The maximum absolute atomic E-state index is 13.0. The number of halogens is 1. The number of amides is 1. The minimum absolute atomic E-state index is 0.230. The summed E-state index contributed by atoms with van der Waals surface area (Å²) in [5.41, 5.74) is -0.442. The summed E-state index contributed by atoms with van der Waals surface area (Å²) >= 11 is 0. The van der Waals surface area contributed by atoms with Crippen molar-refractivity contribution in [1.29, 1.82) is 5.26 Å². The zero-order chi connectivity index (χ0) is 10.6.